The zero-order valence-corrected chi connectivity index (χ0v) is 14.6. The molecule has 0 unspecified atom stereocenters. The molecule has 0 N–H and O–H groups in total. The summed E-state index contributed by atoms with van der Waals surface area (Å²) in [5.41, 5.74) is 2.93. The van der Waals surface area contributed by atoms with Gasteiger partial charge >= 0.3 is 6.71 Å². The van der Waals surface area contributed by atoms with Crippen LogP contribution in [0.5, 0.6) is 5.75 Å². The lowest BCUT2D eigenvalue weighted by atomic mass is 9.43. The summed E-state index contributed by atoms with van der Waals surface area (Å²) in [7, 11) is 0. The molecule has 25 heavy (non-hydrogen) atoms. The third-order valence-corrected chi connectivity index (χ3v) is 4.21. The highest BCUT2D eigenvalue weighted by molar-refractivity contribution is 6.91. The van der Waals surface area contributed by atoms with E-state index in [0.717, 1.165) is 16.8 Å². The van der Waals surface area contributed by atoms with Crippen molar-refractivity contribution >= 4 is 35.0 Å². The lowest BCUT2D eigenvalue weighted by molar-refractivity contribution is 0.340. The van der Waals surface area contributed by atoms with Crippen molar-refractivity contribution in [2.45, 2.75) is 13.3 Å². The van der Waals surface area contributed by atoms with Crippen LogP contribution in [-0.4, -0.2) is 27.9 Å². The fourth-order valence-electron chi connectivity index (χ4n) is 2.81. The van der Waals surface area contributed by atoms with Crippen molar-refractivity contribution in [2.24, 2.45) is 0 Å². The molecule has 0 radical (unpaired) electrons. The molecule has 7 heteroatoms. The first-order valence-corrected chi connectivity index (χ1v) is 8.32. The van der Waals surface area contributed by atoms with Gasteiger partial charge in [0.05, 0.1) is 12.8 Å². The first kappa shape index (κ1) is 17.1. The van der Waals surface area contributed by atoms with Crippen LogP contribution in [0.3, 0.4) is 0 Å². The van der Waals surface area contributed by atoms with E-state index < -0.39 is 6.71 Å². The first-order chi connectivity index (χ1) is 12.2. The molecule has 0 aliphatic rings. The Morgan fingerprint density at radius 2 is 2.12 bits per heavy atom. The Balaban J connectivity index is 2.17. The highest BCUT2D eigenvalue weighted by Gasteiger charge is 2.28. The van der Waals surface area contributed by atoms with Gasteiger partial charge in [0, 0.05) is 23.2 Å². The maximum atomic E-state index is 9.87. The standard InChI is InChI=1S/C18H16BClN4O/c1-3-5-15-17(24-16(10-11-22-24)23-18(15)20)19(12-21)13-6-8-14(9-7-13)25-4-2/h3,6-11H,1,4-5H2,2H3. The predicted molar refractivity (Wildman–Crippen MR) is 100 cm³/mol. The van der Waals surface area contributed by atoms with Crippen molar-refractivity contribution in [3.8, 4) is 11.7 Å². The van der Waals surface area contributed by atoms with Crippen molar-refractivity contribution in [1.29, 1.82) is 5.26 Å². The molecule has 5 nitrogen and oxygen atoms in total. The quantitative estimate of drug-likeness (QED) is 0.388. The van der Waals surface area contributed by atoms with Gasteiger partial charge in [0.1, 0.15) is 10.9 Å². The first-order valence-electron chi connectivity index (χ1n) is 7.94. The normalized spacial score (nSPS) is 10.4. The molecule has 0 bridgehead atoms. The topological polar surface area (TPSA) is 63.2 Å². The molecule has 3 aromatic rings. The van der Waals surface area contributed by atoms with Gasteiger partial charge in [0.15, 0.2) is 5.65 Å². The Labute approximate surface area is 151 Å². The van der Waals surface area contributed by atoms with Gasteiger partial charge in [0.2, 0.25) is 0 Å². The molecule has 2 heterocycles. The van der Waals surface area contributed by atoms with Gasteiger partial charge in [-0.15, -0.1) is 6.58 Å². The van der Waals surface area contributed by atoms with E-state index in [0.29, 0.717) is 29.4 Å². The molecule has 0 aliphatic carbocycles. The smallest absolute Gasteiger partial charge is 0.353 e. The lowest BCUT2D eigenvalue weighted by Gasteiger charge is -2.15. The number of fused-ring (bicyclic) bond motifs is 1. The molecule has 0 saturated carbocycles. The Hall–Kier alpha value is -2.78. The summed E-state index contributed by atoms with van der Waals surface area (Å²) in [5, 5.41) is 14.6. The average Bonchev–Trinajstić information content (AvgIpc) is 3.07. The Bertz CT molecular complexity index is 946. The molecule has 3 rings (SSSR count). The maximum Gasteiger partial charge on any atom is 0.353 e. The van der Waals surface area contributed by atoms with Gasteiger partial charge in [-0.25, -0.2) is 14.8 Å². The Morgan fingerprint density at radius 1 is 1.36 bits per heavy atom. The van der Waals surface area contributed by atoms with Crippen LogP contribution in [0, 0.1) is 11.2 Å². The summed E-state index contributed by atoms with van der Waals surface area (Å²) in [6, 6.07) is 9.26. The van der Waals surface area contributed by atoms with Crippen molar-refractivity contribution in [3.63, 3.8) is 0 Å². The van der Waals surface area contributed by atoms with Gasteiger partial charge in [-0.1, -0.05) is 35.3 Å². The largest absolute Gasteiger partial charge is 0.494 e. The summed E-state index contributed by atoms with van der Waals surface area (Å²) in [6.07, 6.45) is 3.90. The van der Waals surface area contributed by atoms with E-state index in [9.17, 15) is 5.26 Å². The number of halogens is 1. The van der Waals surface area contributed by atoms with Crippen LogP contribution in [0.2, 0.25) is 5.15 Å². The second-order valence-electron chi connectivity index (χ2n) is 5.42. The fourth-order valence-corrected chi connectivity index (χ4v) is 3.08. The van der Waals surface area contributed by atoms with Gasteiger partial charge in [0.25, 0.3) is 0 Å². The van der Waals surface area contributed by atoms with Crippen molar-refractivity contribution in [1.82, 2.24) is 14.6 Å². The molecule has 0 saturated heterocycles. The molecule has 0 spiro atoms. The number of rotatable bonds is 6. The minimum absolute atomic E-state index is 0.370. The number of aromatic nitrogens is 3. The molecule has 124 valence electrons. The van der Waals surface area contributed by atoms with E-state index in [1.165, 1.54) is 0 Å². The number of nitriles is 1. The number of benzene rings is 1. The van der Waals surface area contributed by atoms with Crippen LogP contribution in [0.25, 0.3) is 5.65 Å². The zero-order valence-electron chi connectivity index (χ0n) is 13.8. The average molecular weight is 351 g/mol. The molecule has 0 aliphatic heterocycles. The van der Waals surface area contributed by atoms with Gasteiger partial charge < -0.3 is 4.74 Å². The molecule has 1 aromatic carbocycles. The van der Waals surface area contributed by atoms with Crippen LogP contribution in [0.15, 0.2) is 49.2 Å². The third-order valence-electron chi connectivity index (χ3n) is 3.90. The fraction of sp³-hybridized carbons (Fsp3) is 0.167. The number of hydrogen-bond acceptors (Lipinski definition) is 4. The van der Waals surface area contributed by atoms with Crippen LogP contribution >= 0.6 is 11.6 Å². The van der Waals surface area contributed by atoms with E-state index in [1.54, 1.807) is 22.9 Å². The second kappa shape index (κ2) is 7.41. The minimum atomic E-state index is -0.534. The van der Waals surface area contributed by atoms with Crippen molar-refractivity contribution in [2.75, 3.05) is 6.61 Å². The number of nitrogens with zero attached hydrogens (tertiary/aromatic N) is 4. The van der Waals surface area contributed by atoms with Gasteiger partial charge in [-0.2, -0.15) is 5.10 Å². The lowest BCUT2D eigenvalue weighted by Crippen LogP contribution is -2.47. The molecular weight excluding hydrogens is 334 g/mol. The Morgan fingerprint density at radius 3 is 2.76 bits per heavy atom. The van der Waals surface area contributed by atoms with Crippen LogP contribution in [0.1, 0.15) is 12.5 Å². The van der Waals surface area contributed by atoms with Crippen molar-refractivity contribution < 1.29 is 4.74 Å². The van der Waals surface area contributed by atoms with Gasteiger partial charge in [-0.05, 0) is 25.5 Å². The second-order valence-corrected chi connectivity index (χ2v) is 5.78. The SMILES string of the molecule is C=CCc1c(Cl)nc2ccnn2c1B(C#N)c1ccc(OCC)cc1. The maximum absolute atomic E-state index is 9.87. The number of allylic oxidation sites excluding steroid dienone is 1. The van der Waals surface area contributed by atoms with E-state index in [2.05, 4.69) is 22.6 Å². The molecule has 0 amide bonds. The van der Waals surface area contributed by atoms with E-state index in [4.69, 9.17) is 16.3 Å². The third kappa shape index (κ3) is 3.24. The summed E-state index contributed by atoms with van der Waals surface area (Å²) in [4.78, 5) is 4.35. The van der Waals surface area contributed by atoms with Gasteiger partial charge in [-0.3, -0.25) is 0 Å². The summed E-state index contributed by atoms with van der Waals surface area (Å²) in [5.74, 6) is 3.14. The summed E-state index contributed by atoms with van der Waals surface area (Å²) in [6.45, 7) is 5.77. The monoisotopic (exact) mass is 350 g/mol. The van der Waals surface area contributed by atoms with E-state index in [1.807, 2.05) is 31.2 Å². The van der Waals surface area contributed by atoms with E-state index >= 15 is 0 Å². The van der Waals surface area contributed by atoms with Crippen molar-refractivity contribution in [3.05, 3.63) is 59.9 Å². The summed E-state index contributed by atoms with van der Waals surface area (Å²) >= 11 is 6.37. The van der Waals surface area contributed by atoms with E-state index in [-0.39, 0.29) is 0 Å². The Kier molecular flexibility index (Phi) is 5.06. The highest BCUT2D eigenvalue weighted by atomic mass is 35.5. The number of ether oxygens (including phenoxy) is 1. The minimum Gasteiger partial charge on any atom is -0.494 e. The predicted octanol–water partition coefficient (Wildman–Crippen LogP) is 2.18. The van der Waals surface area contributed by atoms with Crippen LogP contribution < -0.4 is 15.8 Å². The molecule has 2 aromatic heterocycles. The molecular formula is C18H16BClN4O. The molecule has 0 fully saturated rings. The van der Waals surface area contributed by atoms with Crippen LogP contribution in [0.4, 0.5) is 0 Å². The zero-order chi connectivity index (χ0) is 17.8. The number of hydrogen-bond donors (Lipinski definition) is 0. The molecule has 0 atom stereocenters. The van der Waals surface area contributed by atoms with Crippen LogP contribution in [-0.2, 0) is 6.42 Å². The summed E-state index contributed by atoms with van der Waals surface area (Å²) < 4.78 is 7.15. The highest BCUT2D eigenvalue weighted by Crippen LogP contribution is 2.15.